The summed E-state index contributed by atoms with van der Waals surface area (Å²) in [5, 5.41) is 4.07. The average Bonchev–Trinajstić information content (AvgIpc) is 2.33. The highest BCUT2D eigenvalue weighted by Crippen LogP contribution is 2.39. The normalized spacial score (nSPS) is 45.3. The van der Waals surface area contributed by atoms with Gasteiger partial charge in [-0.1, -0.05) is 27.2 Å². The fourth-order valence-electron chi connectivity index (χ4n) is 5.25. The van der Waals surface area contributed by atoms with Gasteiger partial charge in [-0.25, -0.2) is 0 Å². The monoisotopic (exact) mass is 278 g/mol. The maximum absolute atomic E-state index is 4.07. The van der Waals surface area contributed by atoms with Crippen LogP contribution < -0.4 is 5.32 Å². The van der Waals surface area contributed by atoms with Crippen LogP contribution >= 0.6 is 0 Å². The van der Waals surface area contributed by atoms with Crippen LogP contribution in [0.25, 0.3) is 0 Å². The van der Waals surface area contributed by atoms with Crippen LogP contribution in [0.1, 0.15) is 72.1 Å². The molecular weight excluding hydrogens is 244 g/mol. The van der Waals surface area contributed by atoms with Gasteiger partial charge in [-0.2, -0.15) is 0 Å². The summed E-state index contributed by atoms with van der Waals surface area (Å²) in [7, 11) is 2.36. The summed E-state index contributed by atoms with van der Waals surface area (Å²) < 4.78 is 0. The summed E-state index contributed by atoms with van der Waals surface area (Å²) in [5.41, 5.74) is 0.570. The lowest BCUT2D eigenvalue weighted by Gasteiger charge is -2.49. The molecule has 2 nitrogen and oxygen atoms in total. The van der Waals surface area contributed by atoms with Gasteiger partial charge in [-0.05, 0) is 63.3 Å². The van der Waals surface area contributed by atoms with E-state index in [1.54, 1.807) is 0 Å². The molecule has 2 aliphatic heterocycles. The average molecular weight is 278 g/mol. The Labute approximate surface area is 125 Å². The maximum atomic E-state index is 4.07. The Morgan fingerprint density at radius 2 is 1.70 bits per heavy atom. The molecule has 1 saturated carbocycles. The van der Waals surface area contributed by atoms with Gasteiger partial charge in [-0.3, -0.25) is 0 Å². The maximum Gasteiger partial charge on any atom is 0.0110 e. The second-order valence-corrected chi connectivity index (χ2v) is 8.73. The molecule has 0 aromatic rings. The van der Waals surface area contributed by atoms with E-state index in [2.05, 4.69) is 38.0 Å². The van der Waals surface area contributed by atoms with Gasteiger partial charge in [0, 0.05) is 24.2 Å². The van der Waals surface area contributed by atoms with Gasteiger partial charge in [0.15, 0.2) is 0 Å². The molecule has 0 aromatic heterocycles. The van der Waals surface area contributed by atoms with Gasteiger partial charge < -0.3 is 10.2 Å². The molecule has 0 amide bonds. The van der Waals surface area contributed by atoms with Crippen LogP contribution in [0.5, 0.6) is 0 Å². The molecule has 20 heavy (non-hydrogen) atoms. The van der Waals surface area contributed by atoms with Crippen molar-refractivity contribution in [1.29, 1.82) is 0 Å². The number of nitrogens with zero attached hydrogens (tertiary/aromatic N) is 1. The first-order valence-corrected chi connectivity index (χ1v) is 8.92. The van der Waals surface area contributed by atoms with E-state index in [4.69, 9.17) is 0 Å². The van der Waals surface area contributed by atoms with E-state index in [-0.39, 0.29) is 0 Å². The first-order valence-electron chi connectivity index (χ1n) is 8.92. The molecule has 2 heterocycles. The number of piperidine rings is 2. The Morgan fingerprint density at radius 1 is 1.05 bits per heavy atom. The first kappa shape index (κ1) is 14.8. The van der Waals surface area contributed by atoms with Crippen LogP contribution in [0.3, 0.4) is 0 Å². The predicted molar refractivity (Wildman–Crippen MR) is 85.9 cm³/mol. The van der Waals surface area contributed by atoms with Gasteiger partial charge in [0.2, 0.25) is 0 Å². The van der Waals surface area contributed by atoms with E-state index in [1.165, 1.54) is 51.4 Å². The van der Waals surface area contributed by atoms with E-state index >= 15 is 0 Å². The van der Waals surface area contributed by atoms with Crippen molar-refractivity contribution in [2.45, 2.75) is 96.3 Å². The minimum absolute atomic E-state index is 0.570. The highest BCUT2D eigenvalue weighted by Gasteiger charge is 2.38. The zero-order valence-corrected chi connectivity index (χ0v) is 14.0. The van der Waals surface area contributed by atoms with Crippen LogP contribution in [0, 0.1) is 11.3 Å². The first-order chi connectivity index (χ1) is 9.44. The van der Waals surface area contributed by atoms with Crippen molar-refractivity contribution >= 4 is 0 Å². The molecule has 4 atom stereocenters. The minimum atomic E-state index is 0.570. The van der Waals surface area contributed by atoms with E-state index in [0.717, 1.165) is 30.1 Å². The molecule has 0 radical (unpaired) electrons. The Balaban J connectivity index is 1.56. The Hall–Kier alpha value is -0.0800. The van der Waals surface area contributed by atoms with Crippen molar-refractivity contribution < 1.29 is 0 Å². The van der Waals surface area contributed by atoms with E-state index < -0.39 is 0 Å². The smallest absolute Gasteiger partial charge is 0.0110 e. The lowest BCUT2D eigenvalue weighted by Crippen LogP contribution is -2.57. The number of hydrogen-bond donors (Lipinski definition) is 1. The molecule has 4 unspecified atom stereocenters. The lowest BCUT2D eigenvalue weighted by molar-refractivity contribution is 0.0378. The number of fused-ring (bicyclic) bond motifs is 2. The molecule has 1 aliphatic carbocycles. The van der Waals surface area contributed by atoms with Crippen molar-refractivity contribution in [2.24, 2.45) is 11.3 Å². The van der Waals surface area contributed by atoms with Crippen molar-refractivity contribution in [1.82, 2.24) is 10.2 Å². The molecule has 3 aliphatic rings. The minimum Gasteiger partial charge on any atom is -0.311 e. The SMILES string of the molecule is CC1CC(C)(C)CCC1NC1CC2CCCC(C1)N2C. The van der Waals surface area contributed by atoms with Gasteiger partial charge in [-0.15, -0.1) is 0 Å². The quantitative estimate of drug-likeness (QED) is 0.826. The second kappa shape index (κ2) is 5.61. The third-order valence-corrected chi connectivity index (χ3v) is 6.48. The van der Waals surface area contributed by atoms with Crippen molar-refractivity contribution in [2.75, 3.05) is 7.05 Å². The molecule has 2 heteroatoms. The van der Waals surface area contributed by atoms with Crippen LogP contribution in [-0.4, -0.2) is 36.1 Å². The Bertz CT molecular complexity index is 324. The van der Waals surface area contributed by atoms with Crippen LogP contribution in [0.15, 0.2) is 0 Å². The second-order valence-electron chi connectivity index (χ2n) is 8.73. The van der Waals surface area contributed by atoms with Crippen LogP contribution in [0.4, 0.5) is 0 Å². The highest BCUT2D eigenvalue weighted by atomic mass is 15.2. The van der Waals surface area contributed by atoms with Gasteiger partial charge in [0.1, 0.15) is 0 Å². The summed E-state index contributed by atoms with van der Waals surface area (Å²) in [6.45, 7) is 7.35. The molecule has 0 aromatic carbocycles. The Kier molecular flexibility index (Phi) is 4.16. The molecule has 2 bridgehead atoms. The number of rotatable bonds is 2. The predicted octanol–water partition coefficient (Wildman–Crippen LogP) is 3.81. The topological polar surface area (TPSA) is 15.3 Å². The fraction of sp³-hybridized carbons (Fsp3) is 1.00. The lowest BCUT2D eigenvalue weighted by atomic mass is 9.70. The summed E-state index contributed by atoms with van der Waals surface area (Å²) in [6.07, 6.45) is 11.3. The van der Waals surface area contributed by atoms with E-state index in [0.29, 0.717) is 5.41 Å². The van der Waals surface area contributed by atoms with Crippen molar-refractivity contribution in [3.63, 3.8) is 0 Å². The standard InChI is InChI=1S/C18H34N2/c1-13-12-18(2,3)9-8-17(13)19-14-10-15-6-5-7-16(11-14)20(15)4/h13-17,19H,5-12H2,1-4H3. The summed E-state index contributed by atoms with van der Waals surface area (Å²) >= 11 is 0. The van der Waals surface area contributed by atoms with Gasteiger partial charge in [0.25, 0.3) is 0 Å². The van der Waals surface area contributed by atoms with Crippen LogP contribution in [-0.2, 0) is 0 Å². The molecule has 0 spiro atoms. The van der Waals surface area contributed by atoms with Crippen molar-refractivity contribution in [3.05, 3.63) is 0 Å². The molecule has 2 saturated heterocycles. The summed E-state index contributed by atoms with van der Waals surface area (Å²) in [4.78, 5) is 2.68. The largest absolute Gasteiger partial charge is 0.311 e. The van der Waals surface area contributed by atoms with Crippen LogP contribution in [0.2, 0.25) is 0 Å². The fourth-order valence-corrected chi connectivity index (χ4v) is 5.25. The third-order valence-electron chi connectivity index (χ3n) is 6.48. The van der Waals surface area contributed by atoms with Gasteiger partial charge >= 0.3 is 0 Å². The molecule has 3 rings (SSSR count). The zero-order valence-electron chi connectivity index (χ0n) is 14.0. The molecule has 1 N–H and O–H groups in total. The summed E-state index contributed by atoms with van der Waals surface area (Å²) in [5.74, 6) is 0.846. The third kappa shape index (κ3) is 3.06. The highest BCUT2D eigenvalue weighted by molar-refractivity contribution is 4.96. The summed E-state index contributed by atoms with van der Waals surface area (Å²) in [6, 6.07) is 3.28. The molecule has 3 fully saturated rings. The van der Waals surface area contributed by atoms with Crippen molar-refractivity contribution in [3.8, 4) is 0 Å². The number of nitrogens with one attached hydrogen (secondary N) is 1. The molecule has 116 valence electrons. The van der Waals surface area contributed by atoms with Gasteiger partial charge in [0.05, 0.1) is 0 Å². The van der Waals surface area contributed by atoms with E-state index in [9.17, 15) is 0 Å². The number of hydrogen-bond acceptors (Lipinski definition) is 2. The molecular formula is C18H34N2. The Morgan fingerprint density at radius 3 is 2.30 bits per heavy atom. The zero-order chi connectivity index (χ0) is 14.3. The van der Waals surface area contributed by atoms with E-state index in [1.807, 2.05) is 0 Å².